The summed E-state index contributed by atoms with van der Waals surface area (Å²) in [4.78, 5) is 17.1. The van der Waals surface area contributed by atoms with Crippen LogP contribution < -0.4 is 5.32 Å². The van der Waals surface area contributed by atoms with Gasteiger partial charge >= 0.3 is 0 Å². The Hall–Kier alpha value is -1.90. The highest BCUT2D eigenvalue weighted by atomic mass is 35.5. The molecule has 10 heteroatoms. The monoisotopic (exact) mass is 466 g/mol. The summed E-state index contributed by atoms with van der Waals surface area (Å²) in [6, 6.07) is 12.5. The molecule has 1 aliphatic heterocycles. The molecule has 0 saturated carbocycles. The van der Waals surface area contributed by atoms with E-state index in [-0.39, 0.29) is 5.91 Å². The number of nitrogens with zero attached hydrogens (tertiary/aromatic N) is 3. The summed E-state index contributed by atoms with van der Waals surface area (Å²) in [6.45, 7) is 0. The van der Waals surface area contributed by atoms with Crippen molar-refractivity contribution in [2.24, 2.45) is 4.99 Å². The summed E-state index contributed by atoms with van der Waals surface area (Å²) in [5.41, 5.74) is 1.48. The van der Waals surface area contributed by atoms with E-state index in [1.54, 1.807) is 36.4 Å². The zero-order valence-corrected chi connectivity index (χ0v) is 17.7. The van der Waals surface area contributed by atoms with Gasteiger partial charge in [0, 0.05) is 26.2 Å². The fraction of sp³-hybridized carbons (Fsp3) is 0. The number of rotatable bonds is 3. The molecule has 1 N–H and O–H groups in total. The number of aromatic nitrogens is 2. The third-order valence-corrected chi connectivity index (χ3v) is 6.32. The Balaban J connectivity index is 1.57. The van der Waals surface area contributed by atoms with Gasteiger partial charge in [-0.3, -0.25) is 4.79 Å². The molecule has 5 nitrogen and oxygen atoms in total. The molecular weight excluding hydrogens is 459 g/mol. The van der Waals surface area contributed by atoms with E-state index in [4.69, 9.17) is 34.8 Å². The van der Waals surface area contributed by atoms with Gasteiger partial charge in [0.05, 0.1) is 4.91 Å². The number of benzene rings is 2. The van der Waals surface area contributed by atoms with E-state index >= 15 is 0 Å². The lowest BCUT2D eigenvalue weighted by molar-refractivity contribution is -0.115. The fourth-order valence-corrected chi connectivity index (χ4v) is 4.54. The van der Waals surface area contributed by atoms with Gasteiger partial charge in [-0.2, -0.15) is 4.99 Å². The molecule has 1 saturated heterocycles. The van der Waals surface area contributed by atoms with Gasteiger partial charge in [0.2, 0.25) is 5.13 Å². The van der Waals surface area contributed by atoms with Crippen molar-refractivity contribution >= 4 is 80.2 Å². The zero-order chi connectivity index (χ0) is 19.7. The van der Waals surface area contributed by atoms with Gasteiger partial charge in [-0.1, -0.05) is 64.3 Å². The normalized spacial score (nSPS) is 16.8. The maximum absolute atomic E-state index is 12.2. The van der Waals surface area contributed by atoms with Crippen LogP contribution in [0.4, 0.5) is 5.13 Å². The second-order valence-corrected chi connectivity index (χ2v) is 8.75. The van der Waals surface area contributed by atoms with Crippen molar-refractivity contribution < 1.29 is 4.79 Å². The van der Waals surface area contributed by atoms with E-state index in [1.807, 2.05) is 12.1 Å². The van der Waals surface area contributed by atoms with Crippen molar-refractivity contribution in [2.75, 3.05) is 0 Å². The molecule has 0 unspecified atom stereocenters. The second-order valence-electron chi connectivity index (χ2n) is 5.51. The van der Waals surface area contributed by atoms with Crippen LogP contribution in [0.15, 0.2) is 52.4 Å². The molecule has 1 fully saturated rings. The summed E-state index contributed by atoms with van der Waals surface area (Å²) in [7, 11) is 0. The first kappa shape index (κ1) is 19.4. The minimum Gasteiger partial charge on any atom is -0.300 e. The molecule has 3 aromatic rings. The van der Waals surface area contributed by atoms with Crippen LogP contribution in [-0.4, -0.2) is 21.3 Å². The summed E-state index contributed by atoms with van der Waals surface area (Å²) < 4.78 is 0. The van der Waals surface area contributed by atoms with Crippen LogP contribution in [0, 0.1) is 0 Å². The largest absolute Gasteiger partial charge is 0.300 e. The van der Waals surface area contributed by atoms with Gasteiger partial charge in [-0.15, -0.1) is 10.2 Å². The van der Waals surface area contributed by atoms with Crippen LogP contribution in [0.3, 0.4) is 0 Å². The van der Waals surface area contributed by atoms with E-state index in [9.17, 15) is 4.79 Å². The number of hydrogen-bond donors (Lipinski definition) is 1. The first-order chi connectivity index (χ1) is 13.5. The molecule has 4 rings (SSSR count). The van der Waals surface area contributed by atoms with Crippen molar-refractivity contribution in [3.05, 3.63) is 68.0 Å². The van der Waals surface area contributed by atoms with Gasteiger partial charge in [-0.05, 0) is 42.1 Å². The minimum absolute atomic E-state index is 0.276. The van der Waals surface area contributed by atoms with Crippen LogP contribution in [0.2, 0.25) is 15.1 Å². The Bertz CT molecular complexity index is 1110. The molecule has 0 radical (unpaired) electrons. The Morgan fingerprint density at radius 2 is 1.71 bits per heavy atom. The Morgan fingerprint density at radius 3 is 2.43 bits per heavy atom. The van der Waals surface area contributed by atoms with Crippen LogP contribution >= 0.6 is 57.9 Å². The van der Waals surface area contributed by atoms with Crippen molar-refractivity contribution in [1.82, 2.24) is 15.5 Å². The standard InChI is InChI=1S/C18H9Cl3N4OS2/c19-10-6-4-9(5-7-10)16-24-25-18(28-16)23-17-22-15(26)14(27-17)8-11-12(20)2-1-3-13(11)21/h1-8H,(H,22,23,25,26)/b14-8-. The molecule has 2 heterocycles. The SMILES string of the molecule is O=C1N/C(=N\c2nnc(-c3ccc(Cl)cc3)s2)S/C1=C\c1c(Cl)cccc1Cl. The zero-order valence-electron chi connectivity index (χ0n) is 13.8. The minimum atomic E-state index is -0.276. The van der Waals surface area contributed by atoms with Crippen LogP contribution in [0.1, 0.15) is 5.56 Å². The van der Waals surface area contributed by atoms with Crippen LogP contribution in [0.25, 0.3) is 16.6 Å². The van der Waals surface area contributed by atoms with E-state index < -0.39 is 0 Å². The highest BCUT2D eigenvalue weighted by molar-refractivity contribution is 8.18. The molecule has 0 aliphatic carbocycles. The molecule has 2 aromatic carbocycles. The Labute approximate surface area is 183 Å². The molecule has 1 amide bonds. The molecule has 1 aromatic heterocycles. The van der Waals surface area contributed by atoms with Gasteiger partial charge in [0.1, 0.15) is 5.01 Å². The van der Waals surface area contributed by atoms with Gasteiger partial charge in [-0.25, -0.2) is 0 Å². The van der Waals surface area contributed by atoms with Crippen molar-refractivity contribution in [3.8, 4) is 10.6 Å². The quantitative estimate of drug-likeness (QED) is 0.476. The number of carbonyl (C=O) groups is 1. The number of carbonyl (C=O) groups excluding carboxylic acids is 1. The number of nitrogens with one attached hydrogen (secondary N) is 1. The van der Waals surface area contributed by atoms with Crippen LogP contribution in [0.5, 0.6) is 0 Å². The van der Waals surface area contributed by atoms with E-state index in [0.29, 0.717) is 40.8 Å². The van der Waals surface area contributed by atoms with Gasteiger partial charge in [0.25, 0.3) is 5.91 Å². The lowest BCUT2D eigenvalue weighted by Gasteiger charge is -2.01. The number of halogens is 3. The summed E-state index contributed by atoms with van der Waals surface area (Å²) in [5.74, 6) is -0.276. The van der Waals surface area contributed by atoms with E-state index in [0.717, 1.165) is 5.56 Å². The summed E-state index contributed by atoms with van der Waals surface area (Å²) in [6.07, 6.45) is 1.65. The van der Waals surface area contributed by atoms with Gasteiger partial charge < -0.3 is 5.32 Å². The van der Waals surface area contributed by atoms with Crippen molar-refractivity contribution in [3.63, 3.8) is 0 Å². The topological polar surface area (TPSA) is 67.2 Å². The van der Waals surface area contributed by atoms with Crippen molar-refractivity contribution in [1.29, 1.82) is 0 Å². The molecular formula is C18H9Cl3N4OS2. The summed E-state index contributed by atoms with van der Waals surface area (Å²) >= 11 is 20.7. The lowest BCUT2D eigenvalue weighted by atomic mass is 10.2. The third-order valence-electron chi connectivity index (χ3n) is 3.63. The maximum Gasteiger partial charge on any atom is 0.264 e. The average Bonchev–Trinajstić information content (AvgIpc) is 3.26. The highest BCUT2D eigenvalue weighted by Crippen LogP contribution is 2.34. The second kappa shape index (κ2) is 8.23. The number of thioether (sulfide) groups is 1. The Kier molecular flexibility index (Phi) is 5.70. The number of aliphatic imine (C=N–C) groups is 1. The molecule has 0 bridgehead atoms. The maximum atomic E-state index is 12.2. The molecule has 0 spiro atoms. The fourth-order valence-electron chi connectivity index (χ4n) is 2.32. The Morgan fingerprint density at radius 1 is 1.00 bits per heavy atom. The molecule has 1 aliphatic rings. The van der Waals surface area contributed by atoms with Crippen molar-refractivity contribution in [2.45, 2.75) is 0 Å². The summed E-state index contributed by atoms with van der Waals surface area (Å²) in [5, 5.41) is 14.1. The predicted octanol–water partition coefficient (Wildman–Crippen LogP) is 6.06. The number of hydrogen-bond acceptors (Lipinski definition) is 6. The van der Waals surface area contributed by atoms with Crippen LogP contribution in [-0.2, 0) is 4.79 Å². The number of amides is 1. The molecule has 140 valence electrons. The first-order valence-corrected chi connectivity index (χ1v) is 10.6. The predicted molar refractivity (Wildman–Crippen MR) is 118 cm³/mol. The average molecular weight is 468 g/mol. The van der Waals surface area contributed by atoms with Gasteiger partial charge in [0.15, 0.2) is 5.17 Å². The first-order valence-electron chi connectivity index (χ1n) is 7.82. The molecule has 0 atom stereocenters. The van der Waals surface area contributed by atoms with E-state index in [1.165, 1.54) is 23.1 Å². The number of amidine groups is 1. The lowest BCUT2D eigenvalue weighted by Crippen LogP contribution is -2.19. The van der Waals surface area contributed by atoms with E-state index in [2.05, 4.69) is 20.5 Å². The smallest absolute Gasteiger partial charge is 0.264 e. The highest BCUT2D eigenvalue weighted by Gasteiger charge is 2.25. The third kappa shape index (κ3) is 4.24. The molecule has 28 heavy (non-hydrogen) atoms.